The fraction of sp³-hybridized carbons (Fsp3) is 0.611. The van der Waals surface area contributed by atoms with Gasteiger partial charge in [0.2, 0.25) is 5.91 Å². The fourth-order valence-electron chi connectivity index (χ4n) is 3.50. The van der Waals surface area contributed by atoms with Crippen LogP contribution in [0.1, 0.15) is 43.0 Å². The van der Waals surface area contributed by atoms with Crippen molar-refractivity contribution in [1.29, 1.82) is 0 Å². The van der Waals surface area contributed by atoms with E-state index in [1.807, 2.05) is 30.7 Å². The Balaban J connectivity index is 1.78. The van der Waals surface area contributed by atoms with Gasteiger partial charge in [-0.2, -0.15) is 0 Å². The van der Waals surface area contributed by atoms with Crippen LogP contribution >= 0.6 is 11.3 Å². The third-order valence-electron chi connectivity index (χ3n) is 4.82. The van der Waals surface area contributed by atoms with Crippen molar-refractivity contribution in [1.82, 2.24) is 19.8 Å². The summed E-state index contributed by atoms with van der Waals surface area (Å²) in [6, 6.07) is 0. The number of aryl methyl sites for hydroxylation is 2. The second-order valence-corrected chi connectivity index (χ2v) is 7.73. The maximum atomic E-state index is 12.6. The highest BCUT2D eigenvalue weighted by molar-refractivity contribution is 7.18. The van der Waals surface area contributed by atoms with Crippen molar-refractivity contribution in [2.24, 2.45) is 0 Å². The number of carbonyl (C=O) groups is 1. The normalized spacial score (nSPS) is 14.1. The summed E-state index contributed by atoms with van der Waals surface area (Å²) < 4.78 is 0. The Morgan fingerprint density at radius 1 is 1.24 bits per heavy atom. The van der Waals surface area contributed by atoms with Crippen LogP contribution in [0.5, 0.6) is 0 Å². The van der Waals surface area contributed by atoms with Gasteiger partial charge in [-0.05, 0) is 52.1 Å². The van der Waals surface area contributed by atoms with E-state index >= 15 is 0 Å². The summed E-state index contributed by atoms with van der Waals surface area (Å²) in [5, 5.41) is 0.783. The van der Waals surface area contributed by atoms with Gasteiger partial charge in [0.25, 0.3) is 5.56 Å². The van der Waals surface area contributed by atoms with E-state index in [0.29, 0.717) is 32.0 Å². The maximum absolute atomic E-state index is 12.6. The predicted octanol–water partition coefficient (Wildman–Crippen LogP) is 2.16. The molecule has 2 heterocycles. The summed E-state index contributed by atoms with van der Waals surface area (Å²) in [5.41, 5.74) is 1.17. The molecule has 1 N–H and O–H groups in total. The van der Waals surface area contributed by atoms with Crippen LogP contribution in [0.2, 0.25) is 0 Å². The van der Waals surface area contributed by atoms with E-state index in [9.17, 15) is 9.59 Å². The SMILES string of the molecule is CCN(CC)C(=O)CN(C)Cc1nc2sc3c(c2c(=O)[nH]1)CCCC3. The zero-order valence-corrected chi connectivity index (χ0v) is 16.0. The van der Waals surface area contributed by atoms with Crippen LogP contribution in [0.4, 0.5) is 0 Å². The summed E-state index contributed by atoms with van der Waals surface area (Å²) in [6.07, 6.45) is 4.39. The quantitative estimate of drug-likeness (QED) is 0.855. The molecule has 6 nitrogen and oxygen atoms in total. The summed E-state index contributed by atoms with van der Waals surface area (Å²) in [7, 11) is 1.88. The Morgan fingerprint density at radius 3 is 2.68 bits per heavy atom. The highest BCUT2D eigenvalue weighted by Crippen LogP contribution is 2.33. The van der Waals surface area contributed by atoms with Gasteiger partial charge in [0.05, 0.1) is 18.5 Å². The van der Waals surface area contributed by atoms with Crippen molar-refractivity contribution in [2.45, 2.75) is 46.1 Å². The average Bonchev–Trinajstić information content (AvgIpc) is 2.94. The smallest absolute Gasteiger partial charge is 0.259 e. The molecule has 2 aromatic rings. The number of carbonyl (C=O) groups excluding carboxylic acids is 1. The third-order valence-corrected chi connectivity index (χ3v) is 6.00. The van der Waals surface area contributed by atoms with Crippen LogP contribution in [0, 0.1) is 0 Å². The summed E-state index contributed by atoms with van der Waals surface area (Å²) in [5.74, 6) is 0.730. The lowest BCUT2D eigenvalue weighted by molar-refractivity contribution is -0.131. The topological polar surface area (TPSA) is 69.3 Å². The van der Waals surface area contributed by atoms with E-state index < -0.39 is 0 Å². The molecule has 2 aromatic heterocycles. The van der Waals surface area contributed by atoms with Gasteiger partial charge < -0.3 is 9.88 Å². The van der Waals surface area contributed by atoms with E-state index in [4.69, 9.17) is 0 Å². The number of hydrogen-bond acceptors (Lipinski definition) is 5. The first-order valence-corrected chi connectivity index (χ1v) is 9.84. The van der Waals surface area contributed by atoms with Gasteiger partial charge in [-0.25, -0.2) is 4.98 Å². The number of hydrogen-bond donors (Lipinski definition) is 1. The Bertz CT molecular complexity index is 822. The van der Waals surface area contributed by atoms with Gasteiger partial charge in [0.1, 0.15) is 10.7 Å². The summed E-state index contributed by atoms with van der Waals surface area (Å²) >= 11 is 1.66. The van der Waals surface area contributed by atoms with E-state index in [1.165, 1.54) is 16.9 Å². The molecule has 3 rings (SSSR count). The van der Waals surface area contributed by atoms with Gasteiger partial charge in [0, 0.05) is 18.0 Å². The lowest BCUT2D eigenvalue weighted by Crippen LogP contribution is -2.38. The Labute approximate surface area is 151 Å². The van der Waals surface area contributed by atoms with E-state index in [1.54, 1.807) is 11.3 Å². The molecular weight excluding hydrogens is 336 g/mol. The number of likely N-dealkylation sites (N-methyl/N-ethyl adjacent to an activating group) is 2. The highest BCUT2D eigenvalue weighted by atomic mass is 32.1. The van der Waals surface area contributed by atoms with Crippen molar-refractivity contribution in [2.75, 3.05) is 26.7 Å². The van der Waals surface area contributed by atoms with Crippen molar-refractivity contribution in [3.8, 4) is 0 Å². The average molecular weight is 362 g/mol. The van der Waals surface area contributed by atoms with Gasteiger partial charge >= 0.3 is 0 Å². The molecule has 0 bridgehead atoms. The molecular formula is C18H26N4O2S. The molecule has 7 heteroatoms. The number of nitrogens with zero attached hydrogens (tertiary/aromatic N) is 3. The van der Waals surface area contributed by atoms with Gasteiger partial charge in [-0.1, -0.05) is 0 Å². The number of fused-ring (bicyclic) bond motifs is 3. The fourth-order valence-corrected chi connectivity index (χ4v) is 4.78. The molecule has 1 aliphatic carbocycles. The molecule has 1 amide bonds. The monoisotopic (exact) mass is 362 g/mol. The van der Waals surface area contributed by atoms with Crippen LogP contribution in [0.25, 0.3) is 10.2 Å². The minimum absolute atomic E-state index is 0.0390. The highest BCUT2D eigenvalue weighted by Gasteiger charge is 2.20. The summed E-state index contributed by atoms with van der Waals surface area (Å²) in [4.78, 5) is 38.2. The molecule has 1 aliphatic rings. The molecule has 0 saturated heterocycles. The number of aromatic amines is 1. The van der Waals surface area contributed by atoms with Crippen molar-refractivity contribution < 1.29 is 4.79 Å². The minimum atomic E-state index is -0.0390. The van der Waals surface area contributed by atoms with Gasteiger partial charge in [0.15, 0.2) is 0 Å². The number of amides is 1. The molecule has 0 aromatic carbocycles. The van der Waals surface area contributed by atoms with Crippen molar-refractivity contribution >= 4 is 27.5 Å². The first-order valence-electron chi connectivity index (χ1n) is 9.03. The standard InChI is InChI=1S/C18H26N4O2S/c1-4-22(5-2)15(23)11-21(3)10-14-19-17(24)16-12-8-6-7-9-13(12)25-18(16)20-14/h4-11H2,1-3H3,(H,19,20,24). The van der Waals surface area contributed by atoms with E-state index in [-0.39, 0.29) is 11.5 Å². The molecule has 0 radical (unpaired) electrons. The predicted molar refractivity (Wildman–Crippen MR) is 101 cm³/mol. The number of nitrogens with one attached hydrogen (secondary N) is 1. The number of aromatic nitrogens is 2. The zero-order chi connectivity index (χ0) is 18.0. The molecule has 0 fully saturated rings. The van der Waals surface area contributed by atoms with Crippen LogP contribution in [-0.4, -0.2) is 52.4 Å². The number of H-pyrrole nitrogens is 1. The van der Waals surface area contributed by atoms with Crippen LogP contribution in [0.3, 0.4) is 0 Å². The van der Waals surface area contributed by atoms with Crippen molar-refractivity contribution in [3.05, 3.63) is 26.6 Å². The lowest BCUT2D eigenvalue weighted by atomic mass is 9.97. The maximum Gasteiger partial charge on any atom is 0.259 e. The molecule has 136 valence electrons. The second-order valence-electron chi connectivity index (χ2n) is 6.64. The number of thiophene rings is 1. The summed E-state index contributed by atoms with van der Waals surface area (Å²) in [6.45, 7) is 6.17. The van der Waals surface area contributed by atoms with Crippen LogP contribution in [0.15, 0.2) is 4.79 Å². The number of rotatable bonds is 6. The molecule has 0 saturated carbocycles. The third kappa shape index (κ3) is 3.77. The Morgan fingerprint density at radius 2 is 1.96 bits per heavy atom. The molecule has 25 heavy (non-hydrogen) atoms. The minimum Gasteiger partial charge on any atom is -0.342 e. The van der Waals surface area contributed by atoms with Gasteiger partial charge in [-0.3, -0.25) is 14.5 Å². The van der Waals surface area contributed by atoms with Crippen molar-refractivity contribution in [3.63, 3.8) is 0 Å². The molecule has 0 aliphatic heterocycles. The largest absolute Gasteiger partial charge is 0.342 e. The van der Waals surface area contributed by atoms with Crippen LogP contribution < -0.4 is 5.56 Å². The van der Waals surface area contributed by atoms with E-state index in [2.05, 4.69) is 9.97 Å². The second kappa shape index (κ2) is 7.66. The molecule has 0 atom stereocenters. The molecule has 0 unspecified atom stereocenters. The zero-order valence-electron chi connectivity index (χ0n) is 15.2. The Kier molecular flexibility index (Phi) is 5.54. The van der Waals surface area contributed by atoms with Gasteiger partial charge in [-0.15, -0.1) is 11.3 Å². The first kappa shape index (κ1) is 18.1. The lowest BCUT2D eigenvalue weighted by Gasteiger charge is -2.22. The Hall–Kier alpha value is -1.73. The first-order chi connectivity index (χ1) is 12.0. The van der Waals surface area contributed by atoms with Crippen LogP contribution in [-0.2, 0) is 24.2 Å². The molecule has 0 spiro atoms. The van der Waals surface area contributed by atoms with E-state index in [0.717, 1.165) is 29.5 Å².